The van der Waals surface area contributed by atoms with Crippen LogP contribution in [-0.2, 0) is 6.42 Å². The van der Waals surface area contributed by atoms with Crippen LogP contribution >= 0.6 is 27.5 Å². The molecule has 17 heavy (non-hydrogen) atoms. The molecule has 0 aliphatic carbocycles. The van der Waals surface area contributed by atoms with Crippen molar-refractivity contribution < 1.29 is 4.39 Å². The maximum Gasteiger partial charge on any atom is 0.132 e. The number of halogens is 3. The fraction of sp³-hybridized carbons (Fsp3) is 0.167. The predicted molar refractivity (Wildman–Crippen MR) is 69.6 cm³/mol. The minimum absolute atomic E-state index is 0.302. The number of nitrogens with zero attached hydrogens (tertiary/aromatic N) is 2. The third-order valence-electron chi connectivity index (χ3n) is 2.23. The van der Waals surface area contributed by atoms with Gasteiger partial charge in [-0.05, 0) is 24.3 Å². The van der Waals surface area contributed by atoms with Gasteiger partial charge in [-0.2, -0.15) is 0 Å². The van der Waals surface area contributed by atoms with Gasteiger partial charge in [0.1, 0.15) is 11.6 Å². The number of hydrogen-bond acceptors (Lipinski definition) is 2. The molecule has 0 saturated heterocycles. The zero-order valence-electron chi connectivity index (χ0n) is 8.83. The highest BCUT2D eigenvalue weighted by molar-refractivity contribution is 9.10. The molecule has 2 rings (SSSR count). The van der Waals surface area contributed by atoms with Crippen LogP contribution in [0, 0.1) is 5.82 Å². The second-order valence-electron chi connectivity index (χ2n) is 3.42. The van der Waals surface area contributed by atoms with Gasteiger partial charge in [-0.3, -0.25) is 0 Å². The SMILES string of the molecule is Fc1ccc(Br)cc1-c1ccnc(CCCl)n1. The molecule has 0 fully saturated rings. The Morgan fingerprint density at radius 3 is 2.88 bits per heavy atom. The van der Waals surface area contributed by atoms with Crippen LogP contribution in [0.15, 0.2) is 34.9 Å². The zero-order chi connectivity index (χ0) is 12.3. The summed E-state index contributed by atoms with van der Waals surface area (Å²) < 4.78 is 14.5. The first-order valence-corrected chi connectivity index (χ1v) is 6.37. The molecule has 0 aliphatic rings. The van der Waals surface area contributed by atoms with E-state index in [0.717, 1.165) is 4.47 Å². The molecule has 5 heteroatoms. The highest BCUT2D eigenvalue weighted by Gasteiger charge is 2.08. The van der Waals surface area contributed by atoms with Gasteiger partial charge in [0.25, 0.3) is 0 Å². The van der Waals surface area contributed by atoms with Crippen LogP contribution in [0.2, 0.25) is 0 Å². The molecule has 0 aliphatic heterocycles. The monoisotopic (exact) mass is 314 g/mol. The van der Waals surface area contributed by atoms with Crippen molar-refractivity contribution in [1.29, 1.82) is 0 Å². The summed E-state index contributed by atoms with van der Waals surface area (Å²) in [5.74, 6) is 0.769. The van der Waals surface area contributed by atoms with Crippen molar-refractivity contribution in [2.45, 2.75) is 6.42 Å². The van der Waals surface area contributed by atoms with E-state index in [1.54, 1.807) is 24.4 Å². The highest BCUT2D eigenvalue weighted by Crippen LogP contribution is 2.24. The third kappa shape index (κ3) is 3.01. The van der Waals surface area contributed by atoms with E-state index >= 15 is 0 Å². The van der Waals surface area contributed by atoms with Crippen LogP contribution in [0.1, 0.15) is 5.82 Å². The summed E-state index contributed by atoms with van der Waals surface area (Å²) in [5, 5.41) is 0. The molecule has 2 aromatic rings. The second kappa shape index (κ2) is 5.56. The van der Waals surface area contributed by atoms with E-state index in [4.69, 9.17) is 11.6 Å². The number of aromatic nitrogens is 2. The molecule has 0 unspecified atom stereocenters. The van der Waals surface area contributed by atoms with E-state index < -0.39 is 0 Å². The Hall–Kier alpha value is -1.00. The van der Waals surface area contributed by atoms with Gasteiger partial charge < -0.3 is 0 Å². The predicted octanol–water partition coefficient (Wildman–Crippen LogP) is 3.83. The molecule has 0 amide bonds. The molecular formula is C12H9BrClFN2. The first kappa shape index (κ1) is 12.5. The van der Waals surface area contributed by atoms with Crippen molar-refractivity contribution in [3.05, 3.63) is 46.6 Å². The molecule has 88 valence electrons. The maximum atomic E-state index is 13.7. The maximum absolute atomic E-state index is 13.7. The molecule has 0 bridgehead atoms. The standard InChI is InChI=1S/C12H9BrClFN2/c13-8-1-2-10(15)9(7-8)11-4-6-16-12(17-11)3-5-14/h1-2,4,6-7H,3,5H2. The van der Waals surface area contributed by atoms with Gasteiger partial charge in [-0.15, -0.1) is 11.6 Å². The summed E-state index contributed by atoms with van der Waals surface area (Å²) in [4.78, 5) is 8.36. The van der Waals surface area contributed by atoms with Gasteiger partial charge in [-0.1, -0.05) is 15.9 Å². The van der Waals surface area contributed by atoms with Crippen LogP contribution in [0.5, 0.6) is 0 Å². The lowest BCUT2D eigenvalue weighted by atomic mass is 10.1. The number of benzene rings is 1. The van der Waals surface area contributed by atoms with Crippen molar-refractivity contribution in [3.8, 4) is 11.3 Å². The Balaban J connectivity index is 2.45. The van der Waals surface area contributed by atoms with Crippen molar-refractivity contribution in [2.24, 2.45) is 0 Å². The van der Waals surface area contributed by atoms with Crippen molar-refractivity contribution in [1.82, 2.24) is 9.97 Å². The highest BCUT2D eigenvalue weighted by atomic mass is 79.9. The van der Waals surface area contributed by atoms with E-state index in [1.807, 2.05) is 0 Å². The average Bonchev–Trinajstić information content (AvgIpc) is 2.33. The normalized spacial score (nSPS) is 10.5. The number of aryl methyl sites for hydroxylation is 1. The lowest BCUT2D eigenvalue weighted by molar-refractivity contribution is 0.630. The fourth-order valence-electron chi connectivity index (χ4n) is 1.45. The Kier molecular flexibility index (Phi) is 4.07. The van der Waals surface area contributed by atoms with E-state index in [0.29, 0.717) is 29.4 Å². The number of hydrogen-bond donors (Lipinski definition) is 0. The van der Waals surface area contributed by atoms with Crippen LogP contribution < -0.4 is 0 Å². The van der Waals surface area contributed by atoms with E-state index in [1.165, 1.54) is 6.07 Å². The Morgan fingerprint density at radius 1 is 1.29 bits per heavy atom. The molecule has 1 heterocycles. The molecule has 0 saturated carbocycles. The first-order chi connectivity index (χ1) is 8.20. The molecule has 0 radical (unpaired) electrons. The van der Waals surface area contributed by atoms with E-state index in [-0.39, 0.29) is 5.82 Å². The van der Waals surface area contributed by atoms with Crippen LogP contribution in [0.4, 0.5) is 4.39 Å². The van der Waals surface area contributed by atoms with Crippen LogP contribution in [0.25, 0.3) is 11.3 Å². The smallest absolute Gasteiger partial charge is 0.132 e. The molecule has 1 aromatic carbocycles. The molecule has 1 aromatic heterocycles. The lowest BCUT2D eigenvalue weighted by Gasteiger charge is -2.04. The van der Waals surface area contributed by atoms with Crippen molar-refractivity contribution in [3.63, 3.8) is 0 Å². The van der Waals surface area contributed by atoms with Crippen LogP contribution in [-0.4, -0.2) is 15.8 Å². The van der Waals surface area contributed by atoms with Gasteiger partial charge in [0, 0.05) is 28.5 Å². The fourth-order valence-corrected chi connectivity index (χ4v) is 1.98. The lowest BCUT2D eigenvalue weighted by Crippen LogP contribution is -1.98. The average molecular weight is 316 g/mol. The van der Waals surface area contributed by atoms with E-state index in [9.17, 15) is 4.39 Å². The Bertz CT molecular complexity index is 534. The van der Waals surface area contributed by atoms with Crippen molar-refractivity contribution >= 4 is 27.5 Å². The largest absolute Gasteiger partial charge is 0.241 e. The van der Waals surface area contributed by atoms with Gasteiger partial charge in [0.15, 0.2) is 0 Å². The van der Waals surface area contributed by atoms with Gasteiger partial charge in [-0.25, -0.2) is 14.4 Å². The van der Waals surface area contributed by atoms with E-state index in [2.05, 4.69) is 25.9 Å². The molecule has 0 N–H and O–H groups in total. The van der Waals surface area contributed by atoms with Gasteiger partial charge in [0.05, 0.1) is 5.69 Å². The van der Waals surface area contributed by atoms with Gasteiger partial charge in [0.2, 0.25) is 0 Å². The second-order valence-corrected chi connectivity index (χ2v) is 4.71. The topological polar surface area (TPSA) is 25.8 Å². The van der Waals surface area contributed by atoms with Crippen molar-refractivity contribution in [2.75, 3.05) is 5.88 Å². The summed E-state index contributed by atoms with van der Waals surface area (Å²) >= 11 is 8.94. The number of alkyl halides is 1. The quantitative estimate of drug-likeness (QED) is 0.805. The summed E-state index contributed by atoms with van der Waals surface area (Å²) in [6.07, 6.45) is 2.19. The summed E-state index contributed by atoms with van der Waals surface area (Å²) in [5.41, 5.74) is 1.02. The minimum atomic E-state index is -0.302. The zero-order valence-corrected chi connectivity index (χ0v) is 11.2. The molecule has 0 atom stereocenters. The molecule has 0 spiro atoms. The minimum Gasteiger partial charge on any atom is -0.241 e. The molecular weight excluding hydrogens is 307 g/mol. The summed E-state index contributed by atoms with van der Waals surface area (Å²) in [6, 6.07) is 6.44. The Morgan fingerprint density at radius 2 is 2.12 bits per heavy atom. The summed E-state index contributed by atoms with van der Waals surface area (Å²) in [6.45, 7) is 0. The van der Waals surface area contributed by atoms with Crippen LogP contribution in [0.3, 0.4) is 0 Å². The van der Waals surface area contributed by atoms with Gasteiger partial charge >= 0.3 is 0 Å². The number of rotatable bonds is 3. The third-order valence-corrected chi connectivity index (χ3v) is 2.91. The molecule has 2 nitrogen and oxygen atoms in total. The Labute approximate surface area is 112 Å². The first-order valence-electron chi connectivity index (χ1n) is 5.04. The summed E-state index contributed by atoms with van der Waals surface area (Å²) in [7, 11) is 0.